The third kappa shape index (κ3) is 3.55. The Morgan fingerprint density at radius 1 is 1.35 bits per heavy atom. The fraction of sp³-hybridized carbons (Fsp3) is 0.444. The summed E-state index contributed by atoms with van der Waals surface area (Å²) in [5, 5.41) is 0. The lowest BCUT2D eigenvalue weighted by Gasteiger charge is -2.34. The van der Waals surface area contributed by atoms with Crippen molar-refractivity contribution >= 4 is 11.6 Å². The average Bonchev–Trinajstić information content (AvgIpc) is 3.06. The molecule has 23 heavy (non-hydrogen) atoms. The summed E-state index contributed by atoms with van der Waals surface area (Å²) < 4.78 is 2.24. The smallest absolute Gasteiger partial charge is 0.227 e. The normalized spacial score (nSPS) is 18.1. The van der Waals surface area contributed by atoms with Gasteiger partial charge in [-0.25, -0.2) is 4.98 Å². The van der Waals surface area contributed by atoms with Crippen molar-refractivity contribution in [3.63, 3.8) is 0 Å². The summed E-state index contributed by atoms with van der Waals surface area (Å²) in [6.45, 7) is 3.74. The molecule has 122 valence electrons. The van der Waals surface area contributed by atoms with Crippen LogP contribution < -0.4 is 5.73 Å². The van der Waals surface area contributed by atoms with E-state index in [1.165, 1.54) is 0 Å². The van der Waals surface area contributed by atoms with Crippen LogP contribution in [0.5, 0.6) is 0 Å². The van der Waals surface area contributed by atoms with Crippen molar-refractivity contribution in [3.05, 3.63) is 48.0 Å². The molecule has 1 fully saturated rings. The predicted octanol–water partition coefficient (Wildman–Crippen LogP) is 2.43. The maximum atomic E-state index is 12.6. The van der Waals surface area contributed by atoms with Crippen LogP contribution >= 0.6 is 0 Å². The molecule has 0 radical (unpaired) electrons. The zero-order valence-electron chi connectivity index (χ0n) is 13.6. The number of anilines is 1. The highest BCUT2D eigenvalue weighted by Crippen LogP contribution is 2.23. The van der Waals surface area contributed by atoms with E-state index in [0.717, 1.165) is 49.4 Å². The minimum absolute atomic E-state index is 0.192. The third-order valence-electron chi connectivity index (χ3n) is 4.54. The minimum atomic E-state index is 0.192. The average molecular weight is 312 g/mol. The van der Waals surface area contributed by atoms with Gasteiger partial charge in [-0.1, -0.05) is 19.1 Å². The van der Waals surface area contributed by atoms with Gasteiger partial charge in [-0.2, -0.15) is 0 Å². The first-order valence-electron chi connectivity index (χ1n) is 8.31. The van der Waals surface area contributed by atoms with Crippen LogP contribution in [0.2, 0.25) is 0 Å². The van der Waals surface area contributed by atoms with Gasteiger partial charge < -0.3 is 15.2 Å². The summed E-state index contributed by atoms with van der Waals surface area (Å²) in [6.07, 6.45) is 7.40. The van der Waals surface area contributed by atoms with Gasteiger partial charge in [0.15, 0.2) is 0 Å². The Bertz CT molecular complexity index is 662. The number of imidazole rings is 1. The van der Waals surface area contributed by atoms with Gasteiger partial charge in [-0.3, -0.25) is 4.79 Å². The Kier molecular flexibility index (Phi) is 4.65. The molecule has 0 spiro atoms. The predicted molar refractivity (Wildman–Crippen MR) is 91.0 cm³/mol. The molecular formula is C18H24N4O. The highest BCUT2D eigenvalue weighted by atomic mass is 16.2. The number of aryl methyl sites for hydroxylation is 1. The van der Waals surface area contributed by atoms with Crippen molar-refractivity contribution in [2.45, 2.75) is 38.6 Å². The number of piperidine rings is 1. The molecule has 1 atom stereocenters. The van der Waals surface area contributed by atoms with Crippen molar-refractivity contribution in [2.24, 2.45) is 0 Å². The molecule has 0 bridgehead atoms. The number of nitrogens with zero attached hydrogens (tertiary/aromatic N) is 3. The number of hydrogen-bond acceptors (Lipinski definition) is 3. The summed E-state index contributed by atoms with van der Waals surface area (Å²) in [7, 11) is 0. The molecule has 1 aliphatic heterocycles. The van der Waals surface area contributed by atoms with Crippen LogP contribution in [0.15, 0.2) is 36.7 Å². The van der Waals surface area contributed by atoms with Crippen molar-refractivity contribution in [1.29, 1.82) is 0 Å². The number of carbonyl (C=O) groups is 1. The van der Waals surface area contributed by atoms with Crippen LogP contribution in [-0.4, -0.2) is 33.4 Å². The molecule has 0 saturated carbocycles. The second-order valence-electron chi connectivity index (χ2n) is 6.16. The van der Waals surface area contributed by atoms with Gasteiger partial charge in [0.25, 0.3) is 0 Å². The SMILES string of the molecule is CCc1nccn1C1CCCN(C(=O)Cc2ccc(N)cc2)C1. The molecule has 2 heterocycles. The summed E-state index contributed by atoms with van der Waals surface area (Å²) in [6, 6.07) is 7.90. The fourth-order valence-electron chi connectivity index (χ4n) is 3.28. The van der Waals surface area contributed by atoms with Crippen LogP contribution in [0.25, 0.3) is 0 Å². The topological polar surface area (TPSA) is 64.2 Å². The Morgan fingerprint density at radius 2 is 2.13 bits per heavy atom. The maximum absolute atomic E-state index is 12.6. The first-order valence-corrected chi connectivity index (χ1v) is 8.31. The number of likely N-dealkylation sites (tertiary alicyclic amines) is 1. The van der Waals surface area contributed by atoms with Gasteiger partial charge in [0.05, 0.1) is 12.5 Å². The maximum Gasteiger partial charge on any atom is 0.227 e. The highest BCUT2D eigenvalue weighted by Gasteiger charge is 2.25. The lowest BCUT2D eigenvalue weighted by Crippen LogP contribution is -2.41. The molecule has 5 heteroatoms. The number of amides is 1. The number of rotatable bonds is 4. The number of nitrogen functional groups attached to an aromatic ring is 1. The molecule has 2 aromatic rings. The molecule has 3 rings (SSSR count). The molecule has 1 unspecified atom stereocenters. The van der Waals surface area contributed by atoms with E-state index in [9.17, 15) is 4.79 Å². The molecule has 5 nitrogen and oxygen atoms in total. The number of benzene rings is 1. The van der Waals surface area contributed by atoms with Crippen molar-refractivity contribution in [3.8, 4) is 0 Å². The molecular weight excluding hydrogens is 288 g/mol. The number of hydrogen-bond donors (Lipinski definition) is 1. The summed E-state index contributed by atoms with van der Waals surface area (Å²) >= 11 is 0. The van der Waals surface area contributed by atoms with Crippen LogP contribution in [0, 0.1) is 0 Å². The fourth-order valence-corrected chi connectivity index (χ4v) is 3.28. The first-order chi connectivity index (χ1) is 11.2. The Labute approximate surface area is 137 Å². The van der Waals surface area contributed by atoms with Crippen LogP contribution in [0.1, 0.15) is 37.2 Å². The molecule has 0 aliphatic carbocycles. The second-order valence-corrected chi connectivity index (χ2v) is 6.16. The summed E-state index contributed by atoms with van der Waals surface area (Å²) in [5.74, 6) is 1.29. The van der Waals surface area contributed by atoms with Gasteiger partial charge in [-0.05, 0) is 30.5 Å². The third-order valence-corrected chi connectivity index (χ3v) is 4.54. The standard InChI is InChI=1S/C18H24N4O/c1-2-17-20-9-11-22(17)16-4-3-10-21(13-16)18(23)12-14-5-7-15(19)8-6-14/h5-9,11,16H,2-4,10,12-13,19H2,1H3. The summed E-state index contributed by atoms with van der Waals surface area (Å²) in [5.41, 5.74) is 7.44. The van der Waals surface area contributed by atoms with Crippen LogP contribution in [0.3, 0.4) is 0 Å². The number of carbonyl (C=O) groups excluding carboxylic acids is 1. The lowest BCUT2D eigenvalue weighted by atomic mass is 10.0. The van der Waals surface area contributed by atoms with Gasteiger partial charge in [-0.15, -0.1) is 0 Å². The van der Waals surface area contributed by atoms with E-state index in [0.29, 0.717) is 12.5 Å². The van der Waals surface area contributed by atoms with E-state index in [1.807, 2.05) is 41.6 Å². The largest absolute Gasteiger partial charge is 0.399 e. The van der Waals surface area contributed by atoms with Crippen molar-refractivity contribution in [1.82, 2.24) is 14.5 Å². The first kappa shape index (κ1) is 15.6. The Hall–Kier alpha value is -2.30. The van der Waals surface area contributed by atoms with Gasteiger partial charge >= 0.3 is 0 Å². The highest BCUT2D eigenvalue weighted by molar-refractivity contribution is 5.79. The van der Waals surface area contributed by atoms with Gasteiger partial charge in [0.2, 0.25) is 5.91 Å². The van der Waals surface area contributed by atoms with Gasteiger partial charge in [0, 0.05) is 37.6 Å². The van der Waals surface area contributed by atoms with Crippen molar-refractivity contribution < 1.29 is 4.79 Å². The molecule has 1 amide bonds. The van der Waals surface area contributed by atoms with Crippen LogP contribution in [-0.2, 0) is 17.6 Å². The molecule has 1 aromatic heterocycles. The van der Waals surface area contributed by atoms with Crippen LogP contribution in [0.4, 0.5) is 5.69 Å². The minimum Gasteiger partial charge on any atom is -0.399 e. The monoisotopic (exact) mass is 312 g/mol. The zero-order valence-corrected chi connectivity index (χ0v) is 13.6. The van der Waals surface area contributed by atoms with Crippen molar-refractivity contribution in [2.75, 3.05) is 18.8 Å². The molecule has 2 N–H and O–H groups in total. The number of nitrogens with two attached hydrogens (primary N) is 1. The van der Waals surface area contributed by atoms with E-state index in [2.05, 4.69) is 16.5 Å². The number of aromatic nitrogens is 2. The Balaban J connectivity index is 1.66. The molecule has 1 saturated heterocycles. The second kappa shape index (κ2) is 6.86. The molecule has 1 aliphatic rings. The van der Waals surface area contributed by atoms with E-state index in [4.69, 9.17) is 5.73 Å². The Morgan fingerprint density at radius 3 is 2.87 bits per heavy atom. The van der Waals surface area contributed by atoms with E-state index >= 15 is 0 Å². The van der Waals surface area contributed by atoms with Gasteiger partial charge in [0.1, 0.15) is 5.82 Å². The summed E-state index contributed by atoms with van der Waals surface area (Å²) in [4.78, 5) is 19.0. The quantitative estimate of drug-likeness (QED) is 0.882. The zero-order chi connectivity index (χ0) is 16.2. The lowest BCUT2D eigenvalue weighted by molar-refractivity contribution is -0.132. The van der Waals surface area contributed by atoms with E-state index in [1.54, 1.807) is 0 Å². The molecule has 1 aromatic carbocycles. The van der Waals surface area contributed by atoms with E-state index in [-0.39, 0.29) is 5.91 Å². The van der Waals surface area contributed by atoms with E-state index < -0.39 is 0 Å².